The molecule has 0 bridgehead atoms. The van der Waals surface area contributed by atoms with Crippen molar-refractivity contribution >= 4 is 46.3 Å². The molecular weight excluding hydrogens is 386 g/mol. The highest BCUT2D eigenvalue weighted by atomic mass is 35.5. The van der Waals surface area contributed by atoms with Crippen LogP contribution in [0.3, 0.4) is 0 Å². The zero-order valence-corrected chi connectivity index (χ0v) is 16.0. The van der Waals surface area contributed by atoms with Crippen LogP contribution < -0.4 is 10.6 Å². The van der Waals surface area contributed by atoms with Gasteiger partial charge in [-0.2, -0.15) is 0 Å². The Morgan fingerprint density at radius 1 is 1.19 bits per heavy atom. The predicted molar refractivity (Wildman–Crippen MR) is 105 cm³/mol. The van der Waals surface area contributed by atoms with E-state index in [-0.39, 0.29) is 23.3 Å². The molecule has 2 aliphatic rings. The second-order valence-electron chi connectivity index (χ2n) is 6.70. The quantitative estimate of drug-likeness (QED) is 0.768. The molecule has 2 aliphatic heterocycles. The van der Waals surface area contributed by atoms with E-state index < -0.39 is 0 Å². The number of hydrogen-bond donors (Lipinski definition) is 2. The summed E-state index contributed by atoms with van der Waals surface area (Å²) >= 11 is 7.04. The predicted octanol–water partition coefficient (Wildman–Crippen LogP) is 3.25. The summed E-state index contributed by atoms with van der Waals surface area (Å²) in [7, 11) is 0. The first-order valence-corrected chi connectivity index (χ1v) is 10.0. The summed E-state index contributed by atoms with van der Waals surface area (Å²) in [6.45, 7) is 2.22. The van der Waals surface area contributed by atoms with E-state index in [1.807, 2.05) is 0 Å². The Labute approximate surface area is 165 Å². The number of carbonyl (C=O) groups is 3. The number of amides is 3. The molecule has 2 aromatic rings. The minimum Gasteiger partial charge on any atom is -0.321 e. The molecule has 8 heteroatoms. The number of thiophene rings is 1. The third kappa shape index (κ3) is 3.50. The number of anilines is 1. The van der Waals surface area contributed by atoms with Gasteiger partial charge in [0.25, 0.3) is 17.7 Å². The number of carbonyl (C=O) groups excluding carboxylic acids is 3. The Balaban J connectivity index is 1.57. The number of piperidine rings is 1. The monoisotopic (exact) mass is 403 g/mol. The number of halogens is 1. The van der Waals surface area contributed by atoms with Crippen molar-refractivity contribution in [3.63, 3.8) is 0 Å². The molecule has 0 atom stereocenters. The lowest BCUT2D eigenvalue weighted by Crippen LogP contribution is -2.39. The van der Waals surface area contributed by atoms with E-state index in [9.17, 15) is 14.4 Å². The van der Waals surface area contributed by atoms with Crippen LogP contribution >= 0.6 is 22.9 Å². The molecule has 1 aromatic heterocycles. The van der Waals surface area contributed by atoms with E-state index in [0.717, 1.165) is 37.3 Å². The average molecular weight is 404 g/mol. The zero-order chi connectivity index (χ0) is 19.0. The summed E-state index contributed by atoms with van der Waals surface area (Å²) in [5, 5.41) is 6.03. The molecule has 3 amide bonds. The van der Waals surface area contributed by atoms with Gasteiger partial charge in [-0.25, -0.2) is 0 Å². The van der Waals surface area contributed by atoms with Crippen LogP contribution in [-0.4, -0.2) is 42.3 Å². The Kier molecular flexibility index (Phi) is 4.99. The Bertz CT molecular complexity index is 921. The van der Waals surface area contributed by atoms with E-state index in [1.165, 1.54) is 4.90 Å². The fourth-order valence-electron chi connectivity index (χ4n) is 3.55. The molecule has 2 N–H and O–H groups in total. The first-order chi connectivity index (χ1) is 13.0. The van der Waals surface area contributed by atoms with Gasteiger partial charge >= 0.3 is 0 Å². The van der Waals surface area contributed by atoms with Gasteiger partial charge in [-0.05, 0) is 56.1 Å². The normalized spacial score (nSPS) is 17.3. The maximum atomic E-state index is 12.9. The van der Waals surface area contributed by atoms with Gasteiger partial charge in [0, 0.05) is 6.54 Å². The molecule has 0 aliphatic carbocycles. The fraction of sp³-hybridized carbons (Fsp3) is 0.316. The van der Waals surface area contributed by atoms with Gasteiger partial charge in [-0.3, -0.25) is 19.3 Å². The van der Waals surface area contributed by atoms with Crippen LogP contribution in [0, 0.1) is 5.92 Å². The highest BCUT2D eigenvalue weighted by Crippen LogP contribution is 2.31. The molecule has 0 radical (unpaired) electrons. The van der Waals surface area contributed by atoms with E-state index in [4.69, 9.17) is 11.6 Å². The maximum absolute atomic E-state index is 12.9. The minimum atomic E-state index is -0.350. The number of hydrogen-bond acceptors (Lipinski definition) is 5. The lowest BCUT2D eigenvalue weighted by atomic mass is 9.97. The molecular formula is C19H18ClN3O3S. The van der Waals surface area contributed by atoms with Gasteiger partial charge in [0.1, 0.15) is 0 Å². The van der Waals surface area contributed by atoms with Crippen molar-refractivity contribution in [2.75, 3.05) is 25.0 Å². The van der Waals surface area contributed by atoms with Gasteiger partial charge < -0.3 is 10.6 Å². The molecule has 0 spiro atoms. The topological polar surface area (TPSA) is 78.5 Å². The number of nitrogens with zero attached hydrogens (tertiary/aromatic N) is 1. The summed E-state index contributed by atoms with van der Waals surface area (Å²) in [5.74, 6) is -0.672. The van der Waals surface area contributed by atoms with Crippen molar-refractivity contribution < 1.29 is 14.4 Å². The SMILES string of the molecule is O=C(Nc1cccc2c1C(=O)N(CC1CCNCC1)C2=O)c1ccc(Cl)s1. The summed E-state index contributed by atoms with van der Waals surface area (Å²) < 4.78 is 0.512. The minimum absolute atomic E-state index is 0.271. The largest absolute Gasteiger partial charge is 0.321 e. The second-order valence-corrected chi connectivity index (χ2v) is 8.42. The van der Waals surface area contributed by atoms with Gasteiger partial charge in [0.2, 0.25) is 0 Å². The molecule has 4 rings (SSSR count). The van der Waals surface area contributed by atoms with Crippen LogP contribution in [-0.2, 0) is 0 Å². The van der Waals surface area contributed by atoms with E-state index in [0.29, 0.717) is 32.9 Å². The van der Waals surface area contributed by atoms with Crippen molar-refractivity contribution in [2.45, 2.75) is 12.8 Å². The highest BCUT2D eigenvalue weighted by Gasteiger charge is 2.38. The zero-order valence-electron chi connectivity index (χ0n) is 14.5. The molecule has 6 nitrogen and oxygen atoms in total. The Hall–Kier alpha value is -2.22. The number of fused-ring (bicyclic) bond motifs is 1. The lowest BCUT2D eigenvalue weighted by molar-refractivity contribution is 0.0619. The van der Waals surface area contributed by atoms with Crippen LogP contribution in [0.2, 0.25) is 4.34 Å². The Morgan fingerprint density at radius 3 is 2.67 bits per heavy atom. The van der Waals surface area contributed by atoms with Gasteiger partial charge in [-0.1, -0.05) is 17.7 Å². The van der Waals surface area contributed by atoms with Crippen LogP contribution in [0.4, 0.5) is 5.69 Å². The van der Waals surface area contributed by atoms with Crippen molar-refractivity contribution in [1.82, 2.24) is 10.2 Å². The van der Waals surface area contributed by atoms with Crippen molar-refractivity contribution in [3.05, 3.63) is 50.7 Å². The third-order valence-electron chi connectivity index (χ3n) is 4.94. The molecule has 3 heterocycles. The third-order valence-corrected chi connectivity index (χ3v) is 6.17. The first kappa shape index (κ1) is 18.2. The smallest absolute Gasteiger partial charge is 0.265 e. The van der Waals surface area contributed by atoms with Crippen LogP contribution in [0.25, 0.3) is 0 Å². The van der Waals surface area contributed by atoms with Gasteiger partial charge in [0.05, 0.1) is 26.0 Å². The second kappa shape index (κ2) is 7.42. The summed E-state index contributed by atoms with van der Waals surface area (Å²) in [6.07, 6.45) is 1.88. The molecule has 0 unspecified atom stereocenters. The van der Waals surface area contributed by atoms with Crippen LogP contribution in [0.5, 0.6) is 0 Å². The number of nitrogens with one attached hydrogen (secondary N) is 2. The van der Waals surface area contributed by atoms with E-state index in [1.54, 1.807) is 30.3 Å². The standard InChI is InChI=1S/C19H18ClN3O3S/c20-15-5-4-14(27-15)17(24)22-13-3-1-2-12-16(13)19(26)23(18(12)25)10-11-6-8-21-9-7-11/h1-5,11,21H,6-10H2,(H,22,24). The molecule has 1 saturated heterocycles. The van der Waals surface area contributed by atoms with Crippen molar-refractivity contribution in [3.8, 4) is 0 Å². The number of benzene rings is 1. The van der Waals surface area contributed by atoms with Crippen molar-refractivity contribution in [2.24, 2.45) is 5.92 Å². The molecule has 1 fully saturated rings. The molecule has 0 saturated carbocycles. The number of imide groups is 1. The van der Waals surface area contributed by atoms with Crippen LogP contribution in [0.15, 0.2) is 30.3 Å². The Morgan fingerprint density at radius 2 is 1.96 bits per heavy atom. The summed E-state index contributed by atoms with van der Waals surface area (Å²) in [4.78, 5) is 39.9. The van der Waals surface area contributed by atoms with Gasteiger partial charge in [-0.15, -0.1) is 11.3 Å². The van der Waals surface area contributed by atoms with Gasteiger partial charge in [0.15, 0.2) is 0 Å². The summed E-state index contributed by atoms with van der Waals surface area (Å²) in [5.41, 5.74) is 0.969. The average Bonchev–Trinajstić information content (AvgIpc) is 3.21. The molecule has 1 aromatic carbocycles. The van der Waals surface area contributed by atoms with E-state index >= 15 is 0 Å². The maximum Gasteiger partial charge on any atom is 0.265 e. The van der Waals surface area contributed by atoms with Crippen LogP contribution in [0.1, 0.15) is 43.2 Å². The first-order valence-electron chi connectivity index (χ1n) is 8.81. The fourth-order valence-corrected chi connectivity index (χ4v) is 4.48. The van der Waals surface area contributed by atoms with E-state index in [2.05, 4.69) is 10.6 Å². The summed E-state index contributed by atoms with van der Waals surface area (Å²) in [6, 6.07) is 8.23. The number of rotatable bonds is 4. The highest BCUT2D eigenvalue weighted by molar-refractivity contribution is 7.18. The molecule has 27 heavy (non-hydrogen) atoms. The van der Waals surface area contributed by atoms with Crippen molar-refractivity contribution in [1.29, 1.82) is 0 Å². The lowest BCUT2D eigenvalue weighted by Gasteiger charge is -2.26. The molecule has 140 valence electrons.